The summed E-state index contributed by atoms with van der Waals surface area (Å²) in [4.78, 5) is 0. The Kier molecular flexibility index (Phi) is 5.06. The third-order valence-corrected chi connectivity index (χ3v) is 1.50. The molecule has 0 aromatic carbocycles. The minimum absolute atomic E-state index is 0.0496. The Morgan fingerprint density at radius 1 is 1.67 bits per heavy atom. The van der Waals surface area contributed by atoms with Crippen LogP contribution in [0.3, 0.4) is 0 Å². The lowest BCUT2D eigenvalue weighted by Crippen LogP contribution is -2.10. The highest BCUT2D eigenvalue weighted by Gasteiger charge is 2.01. The lowest BCUT2D eigenvalue weighted by molar-refractivity contribution is 0.0982. The quantitative estimate of drug-likeness (QED) is 0.566. The van der Waals surface area contributed by atoms with Gasteiger partial charge in [0.25, 0.3) is 0 Å². The molecule has 3 nitrogen and oxygen atoms in total. The van der Waals surface area contributed by atoms with Crippen molar-refractivity contribution >= 4 is 8.03 Å². The number of rotatable bonds is 4. The van der Waals surface area contributed by atoms with Crippen molar-refractivity contribution in [2.24, 2.45) is 0 Å². The van der Waals surface area contributed by atoms with Crippen LogP contribution in [-0.2, 0) is 13.8 Å². The number of methoxy groups -OCH3 is 1. The van der Waals surface area contributed by atoms with Crippen molar-refractivity contribution < 1.29 is 13.8 Å². The minimum Gasteiger partial charge on any atom is -0.382 e. The molecular formula is C5H13O3P. The number of hydrogen-bond donors (Lipinski definition) is 0. The summed E-state index contributed by atoms with van der Waals surface area (Å²) in [5.74, 6) is 0. The Labute approximate surface area is 56.2 Å². The fourth-order valence-electron chi connectivity index (χ4n) is 0.552. The zero-order chi connectivity index (χ0) is 7.28. The molecule has 0 N–H and O–H groups in total. The smallest absolute Gasteiger partial charge is 0.188 e. The molecule has 0 bridgehead atoms. The average Bonchev–Trinajstić information content (AvgIpc) is 1.63. The Morgan fingerprint density at radius 3 is 2.56 bits per heavy atom. The fourth-order valence-corrected chi connectivity index (χ4v) is 1.19. The van der Waals surface area contributed by atoms with Gasteiger partial charge in [-0.3, -0.25) is 4.57 Å². The Balaban J connectivity index is 3.26. The van der Waals surface area contributed by atoms with Crippen LogP contribution in [0.2, 0.25) is 0 Å². The summed E-state index contributed by atoms with van der Waals surface area (Å²) >= 11 is 0. The van der Waals surface area contributed by atoms with Gasteiger partial charge >= 0.3 is 0 Å². The first-order chi connectivity index (χ1) is 4.16. The monoisotopic (exact) mass is 152 g/mol. The Hall–Kier alpha value is 0.150. The molecule has 0 aromatic rings. The van der Waals surface area contributed by atoms with Crippen molar-refractivity contribution in [2.75, 3.05) is 20.4 Å². The zero-order valence-electron chi connectivity index (χ0n) is 6.01. The molecule has 0 radical (unpaired) electrons. The van der Waals surface area contributed by atoms with Crippen LogP contribution in [0.5, 0.6) is 0 Å². The van der Waals surface area contributed by atoms with Crippen molar-refractivity contribution in [1.82, 2.24) is 0 Å². The van der Waals surface area contributed by atoms with Crippen LogP contribution < -0.4 is 0 Å². The standard InChI is InChI=1S/C5H13O3P/c1-5(4-7-2)8-9(3)6/h5,9H,4H2,1-3H3. The third-order valence-electron chi connectivity index (χ3n) is 0.769. The summed E-state index contributed by atoms with van der Waals surface area (Å²) < 4.78 is 20.1. The van der Waals surface area contributed by atoms with E-state index < -0.39 is 8.03 Å². The zero-order valence-corrected chi connectivity index (χ0v) is 7.01. The SMILES string of the molecule is COCC(C)O[PH](C)=O. The van der Waals surface area contributed by atoms with E-state index in [2.05, 4.69) is 0 Å². The molecule has 2 atom stereocenters. The van der Waals surface area contributed by atoms with Gasteiger partial charge in [-0.05, 0) is 6.92 Å². The van der Waals surface area contributed by atoms with Crippen LogP contribution in [0.15, 0.2) is 0 Å². The second-order valence-electron chi connectivity index (χ2n) is 1.88. The lowest BCUT2D eigenvalue weighted by atomic mass is 10.5. The van der Waals surface area contributed by atoms with Crippen LogP contribution >= 0.6 is 8.03 Å². The third kappa shape index (κ3) is 6.03. The van der Waals surface area contributed by atoms with Gasteiger partial charge in [-0.25, -0.2) is 0 Å². The molecule has 0 saturated carbocycles. The number of hydrogen-bond acceptors (Lipinski definition) is 3. The molecule has 0 aliphatic carbocycles. The topological polar surface area (TPSA) is 35.5 Å². The molecule has 4 heteroatoms. The van der Waals surface area contributed by atoms with Crippen molar-refractivity contribution in [3.8, 4) is 0 Å². The van der Waals surface area contributed by atoms with Crippen molar-refractivity contribution in [2.45, 2.75) is 13.0 Å². The summed E-state index contributed by atoms with van der Waals surface area (Å²) in [5, 5.41) is 0. The number of ether oxygens (including phenoxy) is 1. The maximum absolute atomic E-state index is 10.4. The van der Waals surface area contributed by atoms with Crippen LogP contribution in [0.1, 0.15) is 6.92 Å². The molecule has 0 heterocycles. The molecule has 56 valence electrons. The molecule has 0 spiro atoms. The van der Waals surface area contributed by atoms with Crippen LogP contribution in [0.25, 0.3) is 0 Å². The summed E-state index contributed by atoms with van der Waals surface area (Å²) in [6.45, 7) is 3.90. The molecule has 0 aliphatic heterocycles. The second-order valence-corrected chi connectivity index (χ2v) is 3.09. The van der Waals surface area contributed by atoms with E-state index in [1.807, 2.05) is 6.92 Å². The summed E-state index contributed by atoms with van der Waals surface area (Å²) in [6, 6.07) is 0. The predicted octanol–water partition coefficient (Wildman–Crippen LogP) is 1.14. The maximum atomic E-state index is 10.4. The Bertz CT molecular complexity index is 94.2. The molecule has 0 amide bonds. The highest BCUT2D eigenvalue weighted by molar-refractivity contribution is 7.38. The predicted molar refractivity (Wildman–Crippen MR) is 37.3 cm³/mol. The van der Waals surface area contributed by atoms with Gasteiger partial charge in [0, 0.05) is 13.8 Å². The first-order valence-corrected chi connectivity index (χ1v) is 4.64. The van der Waals surface area contributed by atoms with Gasteiger partial charge < -0.3 is 9.26 Å². The largest absolute Gasteiger partial charge is 0.382 e. The van der Waals surface area contributed by atoms with E-state index in [9.17, 15) is 4.57 Å². The lowest BCUT2D eigenvalue weighted by Gasteiger charge is -2.08. The highest BCUT2D eigenvalue weighted by Crippen LogP contribution is 2.17. The van der Waals surface area contributed by atoms with E-state index in [4.69, 9.17) is 9.26 Å². The van der Waals surface area contributed by atoms with Crippen molar-refractivity contribution in [1.29, 1.82) is 0 Å². The first-order valence-electron chi connectivity index (χ1n) is 2.83. The van der Waals surface area contributed by atoms with E-state index in [0.717, 1.165) is 0 Å². The van der Waals surface area contributed by atoms with E-state index in [1.165, 1.54) is 0 Å². The van der Waals surface area contributed by atoms with E-state index >= 15 is 0 Å². The van der Waals surface area contributed by atoms with Crippen LogP contribution in [0, 0.1) is 0 Å². The highest BCUT2D eigenvalue weighted by atomic mass is 31.1. The summed E-state index contributed by atoms with van der Waals surface area (Å²) in [5.41, 5.74) is 0. The second kappa shape index (κ2) is 4.98. The van der Waals surface area contributed by atoms with Gasteiger partial charge in [-0.1, -0.05) is 0 Å². The minimum atomic E-state index is -1.79. The summed E-state index contributed by atoms with van der Waals surface area (Å²) in [7, 11) is -0.196. The molecule has 0 aliphatic rings. The molecule has 0 aromatic heterocycles. The molecule has 9 heavy (non-hydrogen) atoms. The molecule has 0 rings (SSSR count). The van der Waals surface area contributed by atoms with Crippen molar-refractivity contribution in [3.63, 3.8) is 0 Å². The molecular weight excluding hydrogens is 139 g/mol. The molecule has 0 saturated heterocycles. The normalized spacial score (nSPS) is 17.2. The maximum Gasteiger partial charge on any atom is 0.188 e. The van der Waals surface area contributed by atoms with E-state index in [0.29, 0.717) is 6.61 Å². The van der Waals surface area contributed by atoms with E-state index in [-0.39, 0.29) is 6.10 Å². The molecule has 0 fully saturated rings. The van der Waals surface area contributed by atoms with Gasteiger partial charge in [0.2, 0.25) is 0 Å². The average molecular weight is 152 g/mol. The van der Waals surface area contributed by atoms with Gasteiger partial charge in [-0.2, -0.15) is 0 Å². The van der Waals surface area contributed by atoms with Crippen LogP contribution in [0.4, 0.5) is 0 Å². The first kappa shape index (κ1) is 9.15. The molecule has 2 unspecified atom stereocenters. The summed E-state index contributed by atoms with van der Waals surface area (Å²) in [6.07, 6.45) is -0.0496. The van der Waals surface area contributed by atoms with Gasteiger partial charge in [0.1, 0.15) is 0 Å². The van der Waals surface area contributed by atoms with Gasteiger partial charge in [-0.15, -0.1) is 0 Å². The van der Waals surface area contributed by atoms with Crippen molar-refractivity contribution in [3.05, 3.63) is 0 Å². The van der Waals surface area contributed by atoms with Gasteiger partial charge in [0.05, 0.1) is 12.7 Å². The van der Waals surface area contributed by atoms with Crippen LogP contribution in [-0.4, -0.2) is 26.5 Å². The van der Waals surface area contributed by atoms with E-state index in [1.54, 1.807) is 13.8 Å². The van der Waals surface area contributed by atoms with Gasteiger partial charge in [0.15, 0.2) is 8.03 Å². The Morgan fingerprint density at radius 2 is 2.22 bits per heavy atom. The fraction of sp³-hybridized carbons (Fsp3) is 1.00.